The largest absolute Gasteiger partial charge is 0.481 e. The Labute approximate surface area is 174 Å². The summed E-state index contributed by atoms with van der Waals surface area (Å²) < 4.78 is 0. The van der Waals surface area contributed by atoms with Crippen LogP contribution < -0.4 is 0 Å². The quantitative estimate of drug-likeness (QED) is 0.319. The SMILES string of the molecule is C#CCO/N=C(\C)c1cc2c(cc1C(C)C)CC[C@H]1[C@](C)(C(=O)O)CCC[C@]21C. The summed E-state index contributed by atoms with van der Waals surface area (Å²) in [5.74, 6) is 2.28. The van der Waals surface area contributed by atoms with Gasteiger partial charge in [-0.05, 0) is 79.5 Å². The molecule has 0 bridgehead atoms. The highest BCUT2D eigenvalue weighted by molar-refractivity contribution is 6.00. The lowest BCUT2D eigenvalue weighted by Crippen LogP contribution is -2.52. The molecule has 1 N–H and O–H groups in total. The van der Waals surface area contributed by atoms with E-state index < -0.39 is 11.4 Å². The lowest BCUT2D eigenvalue weighted by Gasteiger charge is -2.53. The van der Waals surface area contributed by atoms with Crippen LogP contribution in [-0.4, -0.2) is 23.4 Å². The van der Waals surface area contributed by atoms with Gasteiger partial charge in [0.2, 0.25) is 0 Å². The minimum absolute atomic E-state index is 0.136. The van der Waals surface area contributed by atoms with Gasteiger partial charge in [0, 0.05) is 5.56 Å². The molecule has 1 aromatic rings. The van der Waals surface area contributed by atoms with Gasteiger partial charge in [-0.15, -0.1) is 6.42 Å². The molecule has 4 nitrogen and oxygen atoms in total. The average molecular weight is 396 g/mol. The molecule has 1 aromatic carbocycles. The fourth-order valence-corrected chi connectivity index (χ4v) is 5.80. The van der Waals surface area contributed by atoms with Crippen molar-refractivity contribution < 1.29 is 14.7 Å². The highest BCUT2D eigenvalue weighted by Crippen LogP contribution is 2.57. The van der Waals surface area contributed by atoms with E-state index in [1.807, 2.05) is 13.8 Å². The minimum atomic E-state index is -0.666. The molecule has 0 saturated heterocycles. The second-order valence-electron chi connectivity index (χ2n) is 9.49. The topological polar surface area (TPSA) is 58.9 Å². The number of nitrogens with zero attached hydrogens (tertiary/aromatic N) is 1. The van der Waals surface area contributed by atoms with Gasteiger partial charge < -0.3 is 9.94 Å². The first-order chi connectivity index (χ1) is 13.6. The third-order valence-electron chi connectivity index (χ3n) is 7.37. The number of hydrogen-bond acceptors (Lipinski definition) is 3. The zero-order valence-corrected chi connectivity index (χ0v) is 18.3. The maximum absolute atomic E-state index is 12.2. The van der Waals surface area contributed by atoms with Crippen molar-refractivity contribution in [2.45, 2.75) is 78.1 Å². The van der Waals surface area contributed by atoms with Crippen LogP contribution in [0.4, 0.5) is 0 Å². The number of benzene rings is 1. The summed E-state index contributed by atoms with van der Waals surface area (Å²) in [6, 6.07) is 4.59. The van der Waals surface area contributed by atoms with E-state index in [1.54, 1.807) is 0 Å². The molecule has 0 aliphatic heterocycles. The third kappa shape index (κ3) is 3.56. The number of rotatable bonds is 5. The van der Waals surface area contributed by atoms with E-state index in [9.17, 15) is 9.90 Å². The molecule has 156 valence electrons. The summed E-state index contributed by atoms with van der Waals surface area (Å²) in [7, 11) is 0. The summed E-state index contributed by atoms with van der Waals surface area (Å²) in [5, 5.41) is 14.3. The molecular weight excluding hydrogens is 362 g/mol. The molecule has 29 heavy (non-hydrogen) atoms. The van der Waals surface area contributed by atoms with Crippen molar-refractivity contribution in [1.82, 2.24) is 0 Å². The number of aryl methyl sites for hydroxylation is 1. The van der Waals surface area contributed by atoms with Crippen LogP contribution in [0.15, 0.2) is 17.3 Å². The van der Waals surface area contributed by atoms with Gasteiger partial charge >= 0.3 is 5.97 Å². The van der Waals surface area contributed by atoms with E-state index >= 15 is 0 Å². The molecule has 3 atom stereocenters. The van der Waals surface area contributed by atoms with Crippen molar-refractivity contribution >= 4 is 11.7 Å². The highest BCUT2D eigenvalue weighted by atomic mass is 16.6. The molecule has 0 spiro atoms. The summed E-state index contributed by atoms with van der Waals surface area (Å²) in [5.41, 5.74) is 5.02. The molecule has 0 aromatic heterocycles. The Hall–Kier alpha value is -2.28. The fourth-order valence-electron chi connectivity index (χ4n) is 5.80. The Balaban J connectivity index is 2.14. The standard InChI is InChI=1S/C25H33NO3/c1-7-13-29-26-17(4)20-15-21-18(14-19(20)16(2)3)9-10-22-24(21,5)11-8-12-25(22,6)23(27)28/h1,14-16,22H,8-13H2,2-6H3,(H,27,28)/b26-17+/t22-,24-,25-/m1/s1. The molecule has 3 rings (SSSR count). The second kappa shape index (κ2) is 7.86. The zero-order chi connectivity index (χ0) is 21.4. The molecule has 0 unspecified atom stereocenters. The maximum atomic E-state index is 12.2. The van der Waals surface area contributed by atoms with Crippen LogP contribution >= 0.6 is 0 Å². The number of carboxylic acid groups (broad SMARTS) is 1. The summed E-state index contributed by atoms with van der Waals surface area (Å²) in [4.78, 5) is 17.4. The molecule has 1 saturated carbocycles. The highest BCUT2D eigenvalue weighted by Gasteiger charge is 2.55. The first kappa shape index (κ1) is 21.4. The maximum Gasteiger partial charge on any atom is 0.309 e. The molecule has 2 aliphatic carbocycles. The lowest BCUT2D eigenvalue weighted by molar-refractivity contribution is -0.157. The van der Waals surface area contributed by atoms with E-state index in [0.717, 1.165) is 43.4 Å². The van der Waals surface area contributed by atoms with Gasteiger partial charge in [0.1, 0.15) is 0 Å². The number of oxime groups is 1. The van der Waals surface area contributed by atoms with Gasteiger partial charge in [-0.3, -0.25) is 4.79 Å². The Morgan fingerprint density at radius 1 is 1.38 bits per heavy atom. The third-order valence-corrected chi connectivity index (χ3v) is 7.37. The molecule has 2 aliphatic rings. The van der Waals surface area contributed by atoms with Crippen molar-refractivity contribution in [3.8, 4) is 12.3 Å². The number of terminal acetylenes is 1. The molecule has 1 fully saturated rings. The lowest BCUT2D eigenvalue weighted by atomic mass is 9.49. The van der Waals surface area contributed by atoms with Crippen molar-refractivity contribution in [3.05, 3.63) is 34.4 Å². The fraction of sp³-hybridized carbons (Fsp3) is 0.600. The van der Waals surface area contributed by atoms with Gasteiger partial charge in [-0.1, -0.05) is 44.3 Å². The van der Waals surface area contributed by atoms with Crippen LogP contribution in [0.3, 0.4) is 0 Å². The van der Waals surface area contributed by atoms with Crippen molar-refractivity contribution in [2.24, 2.45) is 16.5 Å². The van der Waals surface area contributed by atoms with Crippen LogP contribution in [0.2, 0.25) is 0 Å². The summed E-state index contributed by atoms with van der Waals surface area (Å²) in [6.07, 6.45) is 9.86. The number of carboxylic acids is 1. The van der Waals surface area contributed by atoms with Crippen LogP contribution in [0.25, 0.3) is 0 Å². The predicted molar refractivity (Wildman–Crippen MR) is 116 cm³/mol. The van der Waals surface area contributed by atoms with Crippen molar-refractivity contribution in [3.63, 3.8) is 0 Å². The Morgan fingerprint density at radius 2 is 2.10 bits per heavy atom. The van der Waals surface area contributed by atoms with Crippen LogP contribution in [-0.2, 0) is 21.5 Å². The van der Waals surface area contributed by atoms with Gasteiger partial charge in [0.25, 0.3) is 0 Å². The van der Waals surface area contributed by atoms with E-state index in [0.29, 0.717) is 5.92 Å². The number of aliphatic carboxylic acids is 1. The Bertz CT molecular complexity index is 879. The minimum Gasteiger partial charge on any atom is -0.481 e. The number of fused-ring (bicyclic) bond motifs is 3. The van der Waals surface area contributed by atoms with Crippen LogP contribution in [0.5, 0.6) is 0 Å². The van der Waals surface area contributed by atoms with E-state index in [-0.39, 0.29) is 17.9 Å². The van der Waals surface area contributed by atoms with Crippen molar-refractivity contribution in [1.29, 1.82) is 0 Å². The summed E-state index contributed by atoms with van der Waals surface area (Å²) >= 11 is 0. The predicted octanol–water partition coefficient (Wildman–Crippen LogP) is 5.28. The molecule has 0 amide bonds. The second-order valence-corrected chi connectivity index (χ2v) is 9.49. The van der Waals surface area contributed by atoms with Gasteiger partial charge in [-0.2, -0.15) is 0 Å². The van der Waals surface area contributed by atoms with Crippen LogP contribution in [0.1, 0.15) is 88.5 Å². The first-order valence-corrected chi connectivity index (χ1v) is 10.7. The smallest absolute Gasteiger partial charge is 0.309 e. The van der Waals surface area contributed by atoms with Gasteiger partial charge in [0.15, 0.2) is 6.61 Å². The monoisotopic (exact) mass is 395 g/mol. The number of carbonyl (C=O) groups is 1. The van der Waals surface area contributed by atoms with E-state index in [4.69, 9.17) is 11.3 Å². The molecular formula is C25H33NO3. The Kier molecular flexibility index (Phi) is 5.81. The van der Waals surface area contributed by atoms with E-state index in [2.05, 4.69) is 44.0 Å². The zero-order valence-electron chi connectivity index (χ0n) is 18.3. The summed E-state index contributed by atoms with van der Waals surface area (Å²) in [6.45, 7) is 10.7. The average Bonchev–Trinajstić information content (AvgIpc) is 2.66. The molecule has 4 heteroatoms. The molecule has 0 heterocycles. The van der Waals surface area contributed by atoms with E-state index in [1.165, 1.54) is 16.7 Å². The first-order valence-electron chi connectivity index (χ1n) is 10.7. The van der Waals surface area contributed by atoms with Crippen LogP contribution in [0, 0.1) is 23.7 Å². The molecule has 0 radical (unpaired) electrons. The van der Waals surface area contributed by atoms with Gasteiger partial charge in [0.05, 0.1) is 11.1 Å². The Morgan fingerprint density at radius 3 is 2.72 bits per heavy atom. The van der Waals surface area contributed by atoms with Gasteiger partial charge in [-0.25, -0.2) is 0 Å². The normalized spacial score (nSPS) is 29.0. The van der Waals surface area contributed by atoms with Crippen molar-refractivity contribution in [2.75, 3.05) is 6.61 Å². The number of hydrogen-bond donors (Lipinski definition) is 1.